The third kappa shape index (κ3) is 3.35. The predicted octanol–water partition coefficient (Wildman–Crippen LogP) is 3.33. The van der Waals surface area contributed by atoms with Crippen molar-refractivity contribution in [2.24, 2.45) is 23.5 Å². The molecule has 2 atom stereocenters. The lowest BCUT2D eigenvalue weighted by molar-refractivity contribution is -0.139. The number of aromatic nitrogens is 2. The first-order chi connectivity index (χ1) is 13.2. The number of nitrogens with zero attached hydrogens (tertiary/aromatic N) is 3. The van der Waals surface area contributed by atoms with Crippen LogP contribution in [0.2, 0.25) is 0 Å². The summed E-state index contributed by atoms with van der Waals surface area (Å²) in [6.07, 6.45) is 8.48. The maximum absolute atomic E-state index is 13.2. The van der Waals surface area contributed by atoms with Crippen LogP contribution in [-0.4, -0.2) is 33.2 Å². The van der Waals surface area contributed by atoms with Gasteiger partial charge in [-0.3, -0.25) is 4.79 Å². The van der Waals surface area contributed by atoms with Crippen molar-refractivity contribution in [2.75, 3.05) is 6.54 Å². The molecule has 2 saturated carbocycles. The van der Waals surface area contributed by atoms with Crippen molar-refractivity contribution >= 4 is 18.3 Å². The van der Waals surface area contributed by atoms with Crippen LogP contribution in [-0.2, 0) is 17.8 Å². The monoisotopic (exact) mass is 400 g/mol. The van der Waals surface area contributed by atoms with E-state index in [1.54, 1.807) is 0 Å². The Morgan fingerprint density at radius 3 is 2.54 bits per heavy atom. The van der Waals surface area contributed by atoms with E-state index < -0.39 is 0 Å². The van der Waals surface area contributed by atoms with Gasteiger partial charge in [-0.25, -0.2) is 4.68 Å². The van der Waals surface area contributed by atoms with Gasteiger partial charge in [-0.1, -0.05) is 24.6 Å². The molecule has 1 aliphatic heterocycles. The molecule has 2 heterocycles. The van der Waals surface area contributed by atoms with Crippen molar-refractivity contribution in [2.45, 2.75) is 51.1 Å². The number of carbonyl (C=O) groups is 1. The Kier molecular flexibility index (Phi) is 5.48. The second kappa shape index (κ2) is 7.88. The average molecular weight is 401 g/mol. The fourth-order valence-corrected chi connectivity index (χ4v) is 5.56. The number of nitrogens with two attached hydrogens (primary N) is 1. The summed E-state index contributed by atoms with van der Waals surface area (Å²) in [5.74, 6) is 1.61. The summed E-state index contributed by atoms with van der Waals surface area (Å²) in [6.45, 7) is 1.49. The Bertz CT molecular complexity index is 822. The van der Waals surface area contributed by atoms with Crippen molar-refractivity contribution < 1.29 is 4.79 Å². The molecule has 2 aromatic rings. The van der Waals surface area contributed by atoms with E-state index in [1.165, 1.54) is 30.5 Å². The quantitative estimate of drug-likeness (QED) is 0.840. The lowest BCUT2D eigenvalue weighted by Gasteiger charge is -2.44. The van der Waals surface area contributed by atoms with Crippen LogP contribution >= 0.6 is 12.4 Å². The molecule has 2 bridgehead atoms. The highest BCUT2D eigenvalue weighted by Gasteiger charge is 2.42. The summed E-state index contributed by atoms with van der Waals surface area (Å²) < 4.78 is 2.03. The second-order valence-corrected chi connectivity index (χ2v) is 8.57. The largest absolute Gasteiger partial charge is 0.338 e. The zero-order valence-corrected chi connectivity index (χ0v) is 17.0. The van der Waals surface area contributed by atoms with Gasteiger partial charge < -0.3 is 10.6 Å². The maximum atomic E-state index is 13.2. The van der Waals surface area contributed by atoms with Gasteiger partial charge in [0.2, 0.25) is 5.91 Å². The molecule has 0 saturated heterocycles. The molecular weight excluding hydrogens is 372 g/mol. The first-order valence-corrected chi connectivity index (χ1v) is 10.4. The number of fused-ring (bicyclic) bond motifs is 3. The van der Waals surface area contributed by atoms with Gasteiger partial charge in [0.1, 0.15) is 0 Å². The molecule has 3 aliphatic rings. The van der Waals surface area contributed by atoms with E-state index in [4.69, 9.17) is 5.73 Å². The minimum absolute atomic E-state index is 0. The number of hydrogen-bond acceptors (Lipinski definition) is 3. The highest BCUT2D eigenvalue weighted by Crippen LogP contribution is 2.42. The van der Waals surface area contributed by atoms with Gasteiger partial charge in [-0.2, -0.15) is 5.10 Å². The highest BCUT2D eigenvalue weighted by molar-refractivity contribution is 5.85. The molecule has 0 radical (unpaired) electrons. The average Bonchev–Trinajstić information content (AvgIpc) is 3.11. The normalized spacial score (nSPS) is 29.0. The van der Waals surface area contributed by atoms with Gasteiger partial charge in [0.25, 0.3) is 0 Å². The smallest absolute Gasteiger partial charge is 0.226 e. The lowest BCUT2D eigenvalue weighted by Crippen LogP contribution is -2.50. The summed E-state index contributed by atoms with van der Waals surface area (Å²) in [5.41, 5.74) is 9.93. The number of carbonyl (C=O) groups excluding carboxylic acids is 1. The van der Waals surface area contributed by atoms with Crippen molar-refractivity contribution in [1.29, 1.82) is 0 Å². The van der Waals surface area contributed by atoms with Crippen molar-refractivity contribution in [3.63, 3.8) is 0 Å². The van der Waals surface area contributed by atoms with Gasteiger partial charge in [0.05, 0.1) is 17.6 Å². The summed E-state index contributed by atoms with van der Waals surface area (Å²) in [6, 6.07) is 10.6. The molecule has 1 amide bonds. The topological polar surface area (TPSA) is 64.2 Å². The number of benzene rings is 1. The van der Waals surface area contributed by atoms with Crippen LogP contribution in [0.5, 0.6) is 0 Å². The molecule has 1 aromatic carbocycles. The molecule has 1 aromatic heterocycles. The van der Waals surface area contributed by atoms with Gasteiger partial charge in [0, 0.05) is 37.0 Å². The highest BCUT2D eigenvalue weighted by atomic mass is 35.5. The molecule has 5 nitrogen and oxygen atoms in total. The molecular formula is C22H29ClN4O. The lowest BCUT2D eigenvalue weighted by atomic mass is 9.65. The van der Waals surface area contributed by atoms with E-state index in [9.17, 15) is 4.79 Å². The van der Waals surface area contributed by atoms with Crippen LogP contribution in [0, 0.1) is 17.8 Å². The molecule has 2 aliphatic carbocycles. The van der Waals surface area contributed by atoms with E-state index in [2.05, 4.69) is 22.1 Å². The van der Waals surface area contributed by atoms with E-state index in [0.29, 0.717) is 30.3 Å². The van der Waals surface area contributed by atoms with Crippen LogP contribution < -0.4 is 5.73 Å². The summed E-state index contributed by atoms with van der Waals surface area (Å²) in [5, 5.41) is 4.59. The molecule has 6 heteroatoms. The van der Waals surface area contributed by atoms with Crippen molar-refractivity contribution in [3.05, 3.63) is 47.8 Å². The molecule has 2 unspecified atom stereocenters. The Morgan fingerprint density at radius 1 is 1.11 bits per heavy atom. The van der Waals surface area contributed by atoms with E-state index in [-0.39, 0.29) is 18.3 Å². The van der Waals surface area contributed by atoms with Crippen LogP contribution in [0.1, 0.15) is 43.4 Å². The third-order valence-corrected chi connectivity index (χ3v) is 7.01. The Balaban J connectivity index is 0.00000192. The van der Waals surface area contributed by atoms with E-state index in [0.717, 1.165) is 31.5 Å². The fourth-order valence-electron chi connectivity index (χ4n) is 5.56. The van der Waals surface area contributed by atoms with Crippen LogP contribution in [0.4, 0.5) is 0 Å². The number of para-hydroxylation sites is 1. The minimum atomic E-state index is 0. The molecule has 2 fully saturated rings. The second-order valence-electron chi connectivity index (χ2n) is 8.57. The number of halogens is 1. The van der Waals surface area contributed by atoms with Crippen LogP contribution in [0.3, 0.4) is 0 Å². The SMILES string of the molecule is Cl.NC1C2CCCC1CC(C(=O)N1CCc3c(cnn3-c3ccccc3)C1)C2. The van der Waals surface area contributed by atoms with Gasteiger partial charge in [0.15, 0.2) is 0 Å². The summed E-state index contributed by atoms with van der Waals surface area (Å²) >= 11 is 0. The minimum Gasteiger partial charge on any atom is -0.338 e. The number of amides is 1. The zero-order valence-electron chi connectivity index (χ0n) is 16.2. The van der Waals surface area contributed by atoms with E-state index >= 15 is 0 Å². The third-order valence-electron chi connectivity index (χ3n) is 7.01. The van der Waals surface area contributed by atoms with Crippen LogP contribution in [0.25, 0.3) is 5.69 Å². The summed E-state index contributed by atoms with van der Waals surface area (Å²) in [7, 11) is 0. The zero-order chi connectivity index (χ0) is 18.4. The number of rotatable bonds is 2. The number of hydrogen-bond donors (Lipinski definition) is 1. The first-order valence-electron chi connectivity index (χ1n) is 10.4. The molecule has 150 valence electrons. The molecule has 28 heavy (non-hydrogen) atoms. The predicted molar refractivity (Wildman–Crippen MR) is 111 cm³/mol. The maximum Gasteiger partial charge on any atom is 0.226 e. The fraction of sp³-hybridized carbons (Fsp3) is 0.545. The van der Waals surface area contributed by atoms with Gasteiger partial charge in [-0.05, 0) is 49.7 Å². The molecule has 2 N–H and O–H groups in total. The van der Waals surface area contributed by atoms with Gasteiger partial charge in [-0.15, -0.1) is 12.4 Å². The Morgan fingerprint density at radius 2 is 1.82 bits per heavy atom. The summed E-state index contributed by atoms with van der Waals surface area (Å²) in [4.78, 5) is 15.3. The van der Waals surface area contributed by atoms with E-state index in [1.807, 2.05) is 29.1 Å². The van der Waals surface area contributed by atoms with Crippen LogP contribution in [0.15, 0.2) is 36.5 Å². The van der Waals surface area contributed by atoms with Gasteiger partial charge >= 0.3 is 0 Å². The Labute approximate surface area is 172 Å². The molecule has 0 spiro atoms. The standard InChI is InChI=1S/C22H28N4O.ClH/c23-21-15-5-4-6-16(21)12-17(11-15)22(27)25-10-9-20-18(14-25)13-24-26(20)19-7-2-1-3-8-19;/h1-3,7-8,13,15-17,21H,4-6,9-12,14,23H2;1H. The van der Waals surface area contributed by atoms with Crippen molar-refractivity contribution in [1.82, 2.24) is 14.7 Å². The van der Waals surface area contributed by atoms with Crippen molar-refractivity contribution in [3.8, 4) is 5.69 Å². The first kappa shape index (κ1) is 19.5. The Hall–Kier alpha value is -1.85. The molecule has 5 rings (SSSR count).